The Morgan fingerprint density at radius 3 is 2.69 bits per heavy atom. The van der Waals surface area contributed by atoms with Gasteiger partial charge < -0.3 is 9.15 Å². The average Bonchev–Trinajstić information content (AvgIpc) is 3.58. The van der Waals surface area contributed by atoms with Crippen molar-refractivity contribution in [2.75, 3.05) is 6.61 Å². The van der Waals surface area contributed by atoms with E-state index in [0.717, 1.165) is 33.8 Å². The molecule has 0 N–H and O–H groups in total. The lowest BCUT2D eigenvalue weighted by molar-refractivity contribution is -0.122. The quantitative estimate of drug-likeness (QED) is 0.221. The summed E-state index contributed by atoms with van der Waals surface area (Å²) in [7, 11) is 0. The summed E-state index contributed by atoms with van der Waals surface area (Å²) in [5, 5.41) is 4.90. The van der Waals surface area contributed by atoms with Crippen LogP contribution in [0.4, 0.5) is 0 Å². The summed E-state index contributed by atoms with van der Waals surface area (Å²) in [6, 6.07) is 19.5. The van der Waals surface area contributed by atoms with Crippen molar-refractivity contribution in [3.8, 4) is 22.7 Å². The third-order valence-corrected chi connectivity index (χ3v) is 6.96. The minimum absolute atomic E-state index is 0.141. The monoisotopic (exact) mass is 501 g/mol. The van der Waals surface area contributed by atoms with E-state index in [-0.39, 0.29) is 5.91 Å². The van der Waals surface area contributed by atoms with Gasteiger partial charge in [-0.3, -0.25) is 9.69 Å². The number of thioether (sulfide) groups is 1. The topological polar surface area (TPSA) is 60.5 Å². The molecule has 3 heterocycles. The normalized spacial score (nSPS) is 14.8. The molecule has 0 aliphatic carbocycles. The summed E-state index contributed by atoms with van der Waals surface area (Å²) in [5.74, 6) is 1.36. The number of benzene rings is 2. The number of nitrogens with zero attached hydrogens (tertiary/aromatic N) is 3. The molecule has 1 fully saturated rings. The first-order chi connectivity index (χ1) is 17.0. The number of hydrogen-bond donors (Lipinski definition) is 0. The molecule has 6 nitrogen and oxygen atoms in total. The number of rotatable bonds is 7. The molecule has 0 saturated carbocycles. The molecule has 2 aromatic heterocycles. The molecule has 0 atom stereocenters. The zero-order valence-electron chi connectivity index (χ0n) is 19.3. The maximum atomic E-state index is 13.2. The molecule has 8 heteroatoms. The van der Waals surface area contributed by atoms with Crippen molar-refractivity contribution < 1.29 is 13.9 Å². The van der Waals surface area contributed by atoms with E-state index in [1.807, 2.05) is 85.4 Å². The Kier molecular flexibility index (Phi) is 6.57. The maximum absolute atomic E-state index is 13.2. The summed E-state index contributed by atoms with van der Waals surface area (Å²) in [5.41, 5.74) is 4.56. The van der Waals surface area contributed by atoms with E-state index in [4.69, 9.17) is 26.5 Å². The van der Waals surface area contributed by atoms with Gasteiger partial charge in [0.1, 0.15) is 21.5 Å². The van der Waals surface area contributed by atoms with E-state index < -0.39 is 0 Å². The van der Waals surface area contributed by atoms with Gasteiger partial charge in [-0.2, -0.15) is 5.10 Å². The highest BCUT2D eigenvalue weighted by Crippen LogP contribution is 2.36. The number of carbonyl (C=O) groups excluding carboxylic acids is 1. The van der Waals surface area contributed by atoms with Crippen molar-refractivity contribution in [1.82, 2.24) is 14.7 Å². The van der Waals surface area contributed by atoms with Crippen LogP contribution in [0.3, 0.4) is 0 Å². The lowest BCUT2D eigenvalue weighted by Gasteiger charge is -2.12. The zero-order chi connectivity index (χ0) is 24.4. The van der Waals surface area contributed by atoms with Crippen molar-refractivity contribution in [2.45, 2.75) is 20.4 Å². The number of amides is 1. The van der Waals surface area contributed by atoms with Crippen LogP contribution in [0, 0.1) is 6.92 Å². The van der Waals surface area contributed by atoms with Gasteiger partial charge in [-0.15, -0.1) is 0 Å². The summed E-state index contributed by atoms with van der Waals surface area (Å²) in [6.45, 7) is 4.91. The van der Waals surface area contributed by atoms with Crippen molar-refractivity contribution in [1.29, 1.82) is 0 Å². The molecular formula is C27H23N3O3S2. The lowest BCUT2D eigenvalue weighted by atomic mass is 10.0. The van der Waals surface area contributed by atoms with Crippen molar-refractivity contribution in [3.63, 3.8) is 0 Å². The van der Waals surface area contributed by atoms with E-state index in [1.165, 1.54) is 11.8 Å². The summed E-state index contributed by atoms with van der Waals surface area (Å²) < 4.78 is 13.4. The van der Waals surface area contributed by atoms with Crippen LogP contribution in [-0.2, 0) is 11.3 Å². The van der Waals surface area contributed by atoms with Gasteiger partial charge in [0.2, 0.25) is 0 Å². The van der Waals surface area contributed by atoms with Crippen LogP contribution in [0.2, 0.25) is 0 Å². The number of para-hydroxylation sites is 1. The molecule has 4 aromatic rings. The van der Waals surface area contributed by atoms with Crippen molar-refractivity contribution >= 4 is 40.3 Å². The molecule has 0 spiro atoms. The number of furan rings is 1. The SMILES string of the molecule is CCOc1ccc(-c2nn(-c3ccccc3)cc2/C=C2\SC(=S)N(Cc3ccco3)C2=O)c(C)c1. The van der Waals surface area contributed by atoms with Crippen LogP contribution in [0.15, 0.2) is 82.4 Å². The zero-order valence-corrected chi connectivity index (χ0v) is 20.9. The van der Waals surface area contributed by atoms with Crippen LogP contribution in [0.25, 0.3) is 23.0 Å². The highest BCUT2D eigenvalue weighted by molar-refractivity contribution is 8.26. The lowest BCUT2D eigenvalue weighted by Crippen LogP contribution is -2.27. The molecule has 1 saturated heterocycles. The number of aryl methyl sites for hydroxylation is 1. The minimum Gasteiger partial charge on any atom is -0.494 e. The van der Waals surface area contributed by atoms with E-state index in [9.17, 15) is 4.79 Å². The second-order valence-corrected chi connectivity index (χ2v) is 9.65. The first-order valence-electron chi connectivity index (χ1n) is 11.2. The van der Waals surface area contributed by atoms with Crippen LogP contribution in [-0.4, -0.2) is 31.5 Å². The van der Waals surface area contributed by atoms with E-state index in [1.54, 1.807) is 17.2 Å². The van der Waals surface area contributed by atoms with E-state index >= 15 is 0 Å². The van der Waals surface area contributed by atoms with Crippen molar-refractivity contribution in [3.05, 3.63) is 94.9 Å². The summed E-state index contributed by atoms with van der Waals surface area (Å²) >= 11 is 6.79. The van der Waals surface area contributed by atoms with Gasteiger partial charge in [-0.25, -0.2) is 4.68 Å². The Balaban J connectivity index is 1.55. The molecule has 0 bridgehead atoms. The molecular weight excluding hydrogens is 478 g/mol. The maximum Gasteiger partial charge on any atom is 0.266 e. The molecule has 1 amide bonds. The van der Waals surface area contributed by atoms with Gasteiger partial charge in [-0.1, -0.05) is 42.2 Å². The summed E-state index contributed by atoms with van der Waals surface area (Å²) in [4.78, 5) is 15.3. The van der Waals surface area contributed by atoms with E-state index in [0.29, 0.717) is 28.1 Å². The molecule has 0 unspecified atom stereocenters. The Bertz CT molecular complexity index is 1410. The van der Waals surface area contributed by atoms with Gasteiger partial charge in [0, 0.05) is 17.3 Å². The second kappa shape index (κ2) is 9.93. The smallest absolute Gasteiger partial charge is 0.266 e. The van der Waals surface area contributed by atoms with Crippen LogP contribution in [0.1, 0.15) is 23.8 Å². The highest BCUT2D eigenvalue weighted by Gasteiger charge is 2.33. The number of aromatic nitrogens is 2. The molecule has 35 heavy (non-hydrogen) atoms. The Morgan fingerprint density at radius 2 is 1.97 bits per heavy atom. The first kappa shape index (κ1) is 23.1. The predicted molar refractivity (Wildman–Crippen MR) is 142 cm³/mol. The molecule has 2 aromatic carbocycles. The third kappa shape index (κ3) is 4.80. The van der Waals surface area contributed by atoms with Gasteiger partial charge in [0.15, 0.2) is 0 Å². The molecule has 1 aliphatic heterocycles. The van der Waals surface area contributed by atoms with Gasteiger partial charge >= 0.3 is 0 Å². The largest absolute Gasteiger partial charge is 0.494 e. The Morgan fingerprint density at radius 1 is 1.14 bits per heavy atom. The van der Waals surface area contributed by atoms with E-state index in [2.05, 4.69) is 0 Å². The second-order valence-electron chi connectivity index (χ2n) is 7.97. The molecule has 176 valence electrons. The standard InChI is InChI=1S/C27H23N3O3S2/c1-3-32-21-11-12-23(18(2)14-21)25-19(16-30(28-25)20-8-5-4-6-9-20)15-24-26(31)29(27(34)35-24)17-22-10-7-13-33-22/h4-16H,3,17H2,1-2H3/b24-15-. The van der Waals surface area contributed by atoms with Crippen molar-refractivity contribution in [2.24, 2.45) is 0 Å². The fourth-order valence-corrected chi connectivity index (χ4v) is 5.16. The number of hydrogen-bond acceptors (Lipinski definition) is 6. The molecule has 1 aliphatic rings. The van der Waals surface area contributed by atoms with Crippen LogP contribution < -0.4 is 4.74 Å². The van der Waals surface area contributed by atoms with Gasteiger partial charge in [-0.05, 0) is 68.0 Å². The highest BCUT2D eigenvalue weighted by atomic mass is 32.2. The Labute approximate surface area is 213 Å². The van der Waals surface area contributed by atoms with Gasteiger partial charge in [0.05, 0.1) is 30.0 Å². The number of ether oxygens (including phenoxy) is 1. The van der Waals surface area contributed by atoms with Gasteiger partial charge in [0.25, 0.3) is 5.91 Å². The number of thiocarbonyl (C=S) groups is 1. The molecule has 5 rings (SSSR count). The van der Waals surface area contributed by atoms with Crippen LogP contribution >= 0.6 is 24.0 Å². The first-order valence-corrected chi connectivity index (χ1v) is 12.4. The fourth-order valence-electron chi connectivity index (χ4n) is 3.91. The van der Waals surface area contributed by atoms with Crippen LogP contribution in [0.5, 0.6) is 5.75 Å². The number of carbonyl (C=O) groups is 1. The summed E-state index contributed by atoms with van der Waals surface area (Å²) in [6.07, 6.45) is 5.41. The molecule has 0 radical (unpaired) electrons. The third-order valence-electron chi connectivity index (χ3n) is 5.58. The fraction of sp³-hybridized carbons (Fsp3) is 0.148. The minimum atomic E-state index is -0.141. The predicted octanol–water partition coefficient (Wildman–Crippen LogP) is 6.24. The average molecular weight is 502 g/mol. The Hall–Kier alpha value is -3.62.